The first-order chi connectivity index (χ1) is 7.24. The van der Waals surface area contributed by atoms with Gasteiger partial charge < -0.3 is 5.32 Å². The lowest BCUT2D eigenvalue weighted by atomic mass is 10.2. The van der Waals surface area contributed by atoms with E-state index < -0.39 is 0 Å². The highest BCUT2D eigenvalue weighted by Gasteiger charge is 2.04. The van der Waals surface area contributed by atoms with Crippen LogP contribution in [-0.4, -0.2) is 11.5 Å². The minimum absolute atomic E-state index is 0.597. The van der Waals surface area contributed by atoms with E-state index in [1.54, 1.807) is 0 Å². The maximum Gasteiger partial charge on any atom is 0.107 e. The SMILES string of the molecule is C/C=C/CCNCc1ncc(C(C)C)s1. The fourth-order valence-corrected chi connectivity index (χ4v) is 2.11. The number of nitrogens with one attached hydrogen (secondary N) is 1. The Hall–Kier alpha value is -0.670. The molecule has 1 aromatic rings. The Labute approximate surface area is 96.4 Å². The van der Waals surface area contributed by atoms with Crippen molar-refractivity contribution in [1.29, 1.82) is 0 Å². The van der Waals surface area contributed by atoms with Crippen molar-refractivity contribution >= 4 is 11.3 Å². The number of hydrogen-bond donors (Lipinski definition) is 1. The first-order valence-electron chi connectivity index (χ1n) is 5.50. The Morgan fingerprint density at radius 2 is 2.33 bits per heavy atom. The summed E-state index contributed by atoms with van der Waals surface area (Å²) in [5, 5.41) is 4.58. The number of allylic oxidation sites excluding steroid dienone is 1. The molecule has 0 bridgehead atoms. The standard InChI is InChI=1S/C12H20N2S/c1-4-5-6-7-13-9-12-14-8-11(15-12)10(2)3/h4-5,8,10,13H,6-7,9H2,1-3H3/b5-4+. The summed E-state index contributed by atoms with van der Waals surface area (Å²) in [4.78, 5) is 5.77. The van der Waals surface area contributed by atoms with Crippen LogP contribution in [0.1, 0.15) is 43.0 Å². The van der Waals surface area contributed by atoms with E-state index in [2.05, 4.69) is 43.2 Å². The minimum Gasteiger partial charge on any atom is -0.310 e. The van der Waals surface area contributed by atoms with Crippen molar-refractivity contribution < 1.29 is 0 Å². The van der Waals surface area contributed by atoms with Gasteiger partial charge in [-0.2, -0.15) is 0 Å². The minimum atomic E-state index is 0.597. The summed E-state index contributed by atoms with van der Waals surface area (Å²) in [6.07, 6.45) is 7.35. The van der Waals surface area contributed by atoms with Gasteiger partial charge in [-0.15, -0.1) is 11.3 Å². The summed E-state index contributed by atoms with van der Waals surface area (Å²) in [6, 6.07) is 0. The molecule has 3 heteroatoms. The summed E-state index contributed by atoms with van der Waals surface area (Å²) in [5.41, 5.74) is 0. The maximum absolute atomic E-state index is 4.39. The zero-order valence-corrected chi connectivity index (χ0v) is 10.6. The van der Waals surface area contributed by atoms with Gasteiger partial charge in [0.2, 0.25) is 0 Å². The molecule has 0 aliphatic heterocycles. The van der Waals surface area contributed by atoms with E-state index in [1.807, 2.05) is 17.5 Å². The van der Waals surface area contributed by atoms with E-state index in [0.717, 1.165) is 19.5 Å². The number of rotatable bonds is 6. The number of aromatic nitrogens is 1. The number of nitrogens with zero attached hydrogens (tertiary/aromatic N) is 1. The monoisotopic (exact) mass is 224 g/mol. The molecule has 15 heavy (non-hydrogen) atoms. The Morgan fingerprint density at radius 3 is 2.93 bits per heavy atom. The molecule has 1 rings (SSSR count). The molecular weight excluding hydrogens is 204 g/mol. The van der Waals surface area contributed by atoms with Crippen LogP contribution in [0.4, 0.5) is 0 Å². The Morgan fingerprint density at radius 1 is 1.53 bits per heavy atom. The van der Waals surface area contributed by atoms with Crippen LogP contribution in [0.15, 0.2) is 18.3 Å². The fraction of sp³-hybridized carbons (Fsp3) is 0.583. The van der Waals surface area contributed by atoms with Crippen LogP contribution < -0.4 is 5.32 Å². The summed E-state index contributed by atoms with van der Waals surface area (Å²) < 4.78 is 0. The Bertz CT molecular complexity index is 302. The second kappa shape index (κ2) is 6.75. The van der Waals surface area contributed by atoms with E-state index in [1.165, 1.54) is 9.88 Å². The molecule has 0 atom stereocenters. The Kier molecular flexibility index (Phi) is 5.58. The predicted molar refractivity (Wildman–Crippen MR) is 67.3 cm³/mol. The molecule has 0 radical (unpaired) electrons. The summed E-state index contributed by atoms with van der Waals surface area (Å²) >= 11 is 1.81. The molecule has 0 saturated carbocycles. The molecule has 0 fully saturated rings. The van der Waals surface area contributed by atoms with E-state index >= 15 is 0 Å². The van der Waals surface area contributed by atoms with Crippen molar-refractivity contribution in [1.82, 2.24) is 10.3 Å². The highest BCUT2D eigenvalue weighted by atomic mass is 32.1. The topological polar surface area (TPSA) is 24.9 Å². The van der Waals surface area contributed by atoms with Crippen LogP contribution in [0.25, 0.3) is 0 Å². The van der Waals surface area contributed by atoms with Crippen molar-refractivity contribution in [3.05, 3.63) is 28.2 Å². The van der Waals surface area contributed by atoms with Crippen molar-refractivity contribution in [2.75, 3.05) is 6.54 Å². The smallest absolute Gasteiger partial charge is 0.107 e. The average molecular weight is 224 g/mol. The Balaban J connectivity index is 2.25. The lowest BCUT2D eigenvalue weighted by Crippen LogP contribution is -2.13. The molecule has 0 unspecified atom stereocenters. The molecule has 0 saturated heterocycles. The van der Waals surface area contributed by atoms with Gasteiger partial charge in [-0.1, -0.05) is 26.0 Å². The summed E-state index contributed by atoms with van der Waals surface area (Å²) in [5.74, 6) is 0.597. The molecule has 84 valence electrons. The predicted octanol–water partition coefficient (Wildman–Crippen LogP) is 3.32. The van der Waals surface area contributed by atoms with Crippen LogP contribution in [0, 0.1) is 0 Å². The third kappa shape index (κ3) is 4.58. The molecular formula is C12H20N2S. The van der Waals surface area contributed by atoms with Gasteiger partial charge in [-0.3, -0.25) is 0 Å². The van der Waals surface area contributed by atoms with Crippen molar-refractivity contribution in [2.24, 2.45) is 0 Å². The largest absolute Gasteiger partial charge is 0.310 e. The van der Waals surface area contributed by atoms with Gasteiger partial charge in [-0.25, -0.2) is 4.98 Å². The molecule has 0 aromatic carbocycles. The van der Waals surface area contributed by atoms with E-state index in [-0.39, 0.29) is 0 Å². The van der Waals surface area contributed by atoms with E-state index in [4.69, 9.17) is 0 Å². The van der Waals surface area contributed by atoms with Gasteiger partial charge in [0.1, 0.15) is 5.01 Å². The van der Waals surface area contributed by atoms with Crippen LogP contribution in [0.5, 0.6) is 0 Å². The lowest BCUT2D eigenvalue weighted by molar-refractivity contribution is 0.692. The normalized spacial score (nSPS) is 11.7. The number of thiazole rings is 1. The van der Waals surface area contributed by atoms with Crippen LogP contribution in [0.2, 0.25) is 0 Å². The maximum atomic E-state index is 4.39. The molecule has 0 aliphatic carbocycles. The van der Waals surface area contributed by atoms with Crippen LogP contribution in [0.3, 0.4) is 0 Å². The highest BCUT2D eigenvalue weighted by molar-refractivity contribution is 7.11. The van der Waals surface area contributed by atoms with Gasteiger partial charge in [0.15, 0.2) is 0 Å². The lowest BCUT2D eigenvalue weighted by Gasteiger charge is -1.99. The van der Waals surface area contributed by atoms with E-state index in [0.29, 0.717) is 5.92 Å². The van der Waals surface area contributed by atoms with Crippen molar-refractivity contribution in [3.8, 4) is 0 Å². The van der Waals surface area contributed by atoms with Gasteiger partial charge in [-0.05, 0) is 25.8 Å². The quantitative estimate of drug-likeness (QED) is 0.592. The second-order valence-corrected chi connectivity index (χ2v) is 4.99. The van der Waals surface area contributed by atoms with Crippen molar-refractivity contribution in [2.45, 2.75) is 39.7 Å². The molecule has 1 N–H and O–H groups in total. The molecule has 1 aromatic heterocycles. The molecule has 1 heterocycles. The average Bonchev–Trinajstić information content (AvgIpc) is 2.66. The van der Waals surface area contributed by atoms with Gasteiger partial charge in [0, 0.05) is 17.6 Å². The van der Waals surface area contributed by atoms with E-state index in [9.17, 15) is 0 Å². The molecule has 2 nitrogen and oxygen atoms in total. The first kappa shape index (κ1) is 12.4. The third-order valence-corrected chi connectivity index (χ3v) is 3.44. The first-order valence-corrected chi connectivity index (χ1v) is 6.32. The van der Waals surface area contributed by atoms with Crippen LogP contribution >= 0.6 is 11.3 Å². The fourth-order valence-electron chi connectivity index (χ4n) is 1.22. The number of hydrogen-bond acceptors (Lipinski definition) is 3. The molecule has 0 aliphatic rings. The van der Waals surface area contributed by atoms with Gasteiger partial charge >= 0.3 is 0 Å². The second-order valence-electron chi connectivity index (χ2n) is 3.85. The summed E-state index contributed by atoms with van der Waals surface area (Å²) in [6.45, 7) is 8.39. The molecule has 0 spiro atoms. The van der Waals surface area contributed by atoms with Crippen molar-refractivity contribution in [3.63, 3.8) is 0 Å². The van der Waals surface area contributed by atoms with Crippen LogP contribution in [-0.2, 0) is 6.54 Å². The summed E-state index contributed by atoms with van der Waals surface area (Å²) in [7, 11) is 0. The zero-order chi connectivity index (χ0) is 11.1. The van der Waals surface area contributed by atoms with Gasteiger partial charge in [0.05, 0.1) is 0 Å². The zero-order valence-electron chi connectivity index (χ0n) is 9.79. The third-order valence-electron chi connectivity index (χ3n) is 2.14. The van der Waals surface area contributed by atoms with Gasteiger partial charge in [0.25, 0.3) is 0 Å². The molecule has 0 amide bonds. The highest BCUT2D eigenvalue weighted by Crippen LogP contribution is 2.21.